The lowest BCUT2D eigenvalue weighted by molar-refractivity contribution is 0.212. The van der Waals surface area contributed by atoms with E-state index in [1.54, 1.807) is 19.1 Å². The molecule has 0 saturated heterocycles. The van der Waals surface area contributed by atoms with Gasteiger partial charge in [-0.25, -0.2) is 13.4 Å². The minimum atomic E-state index is -3.20. The van der Waals surface area contributed by atoms with E-state index in [1.165, 1.54) is 6.26 Å². The zero-order valence-electron chi connectivity index (χ0n) is 14.6. The maximum Gasteiger partial charge on any atom is 0.191 e. The zero-order chi connectivity index (χ0) is 17.8. The molecule has 0 unspecified atom stereocenters. The van der Waals surface area contributed by atoms with Crippen LogP contribution in [0.3, 0.4) is 0 Å². The first kappa shape index (κ1) is 18.7. The van der Waals surface area contributed by atoms with Crippen LogP contribution in [0.15, 0.2) is 28.1 Å². The van der Waals surface area contributed by atoms with Crippen LogP contribution < -0.4 is 10.6 Å². The number of guanidine groups is 1. The number of sulfone groups is 1. The molecule has 0 aliphatic heterocycles. The summed E-state index contributed by atoms with van der Waals surface area (Å²) >= 11 is 0. The predicted molar refractivity (Wildman–Crippen MR) is 95.9 cm³/mol. The fourth-order valence-corrected chi connectivity index (χ4v) is 3.54. The smallest absolute Gasteiger partial charge is 0.191 e. The molecular formula is C17H27N3O3S. The van der Waals surface area contributed by atoms with Gasteiger partial charge in [0.25, 0.3) is 0 Å². The molecule has 134 valence electrons. The molecule has 0 amide bonds. The zero-order valence-corrected chi connectivity index (χ0v) is 15.4. The number of hydrogen-bond donors (Lipinski definition) is 3. The highest BCUT2D eigenvalue weighted by Crippen LogP contribution is 2.44. The van der Waals surface area contributed by atoms with Crippen LogP contribution in [0.2, 0.25) is 0 Å². The van der Waals surface area contributed by atoms with Gasteiger partial charge in [0, 0.05) is 24.8 Å². The highest BCUT2D eigenvalue weighted by molar-refractivity contribution is 7.90. The van der Waals surface area contributed by atoms with E-state index < -0.39 is 9.84 Å². The quantitative estimate of drug-likeness (QED) is 0.507. The van der Waals surface area contributed by atoms with Crippen LogP contribution >= 0.6 is 0 Å². The van der Waals surface area contributed by atoms with E-state index in [4.69, 9.17) is 0 Å². The number of aliphatic imine (C=N–C) groups is 1. The van der Waals surface area contributed by atoms with E-state index in [0.29, 0.717) is 23.9 Å². The van der Waals surface area contributed by atoms with E-state index in [2.05, 4.69) is 15.6 Å². The fourth-order valence-electron chi connectivity index (χ4n) is 2.58. The summed E-state index contributed by atoms with van der Waals surface area (Å²) in [6.45, 7) is 5.93. The summed E-state index contributed by atoms with van der Waals surface area (Å²) < 4.78 is 23.3. The van der Waals surface area contributed by atoms with Gasteiger partial charge in [0.15, 0.2) is 15.8 Å². The van der Waals surface area contributed by atoms with E-state index in [1.807, 2.05) is 13.0 Å². The minimum Gasteiger partial charge on any atom is -0.396 e. The molecule has 3 N–H and O–H groups in total. The van der Waals surface area contributed by atoms with Crippen LogP contribution in [-0.2, 0) is 16.4 Å². The summed E-state index contributed by atoms with van der Waals surface area (Å²) in [6.07, 6.45) is 3.30. The molecule has 7 heteroatoms. The van der Waals surface area contributed by atoms with Gasteiger partial charge in [-0.05, 0) is 43.9 Å². The van der Waals surface area contributed by atoms with E-state index >= 15 is 0 Å². The first-order valence-electron chi connectivity index (χ1n) is 8.22. The van der Waals surface area contributed by atoms with Gasteiger partial charge in [-0.2, -0.15) is 0 Å². The van der Waals surface area contributed by atoms with Crippen molar-refractivity contribution in [1.29, 1.82) is 0 Å². The molecule has 0 radical (unpaired) electrons. The second-order valence-electron chi connectivity index (χ2n) is 6.58. The molecular weight excluding hydrogens is 326 g/mol. The van der Waals surface area contributed by atoms with Gasteiger partial charge in [-0.15, -0.1) is 0 Å². The number of hydrogen-bond acceptors (Lipinski definition) is 4. The Morgan fingerprint density at radius 1 is 1.33 bits per heavy atom. The Morgan fingerprint density at radius 2 is 2.04 bits per heavy atom. The van der Waals surface area contributed by atoms with Crippen molar-refractivity contribution in [3.05, 3.63) is 29.3 Å². The van der Waals surface area contributed by atoms with Gasteiger partial charge in [-0.3, -0.25) is 0 Å². The number of nitrogens with zero attached hydrogens (tertiary/aromatic N) is 1. The Labute approximate surface area is 144 Å². The van der Waals surface area contributed by atoms with Gasteiger partial charge in [0.05, 0.1) is 18.0 Å². The topological polar surface area (TPSA) is 90.8 Å². The molecule has 1 aliphatic rings. The first-order valence-corrected chi connectivity index (χ1v) is 10.1. The molecule has 0 aromatic heterocycles. The molecule has 0 atom stereocenters. The number of aliphatic hydroxyl groups is 1. The SMILES string of the molecule is CCNC(=NCc1ccc(S(C)(=O)=O)c(C)c1)NCC1(CO)CC1. The molecule has 2 rings (SSSR count). The number of nitrogens with one attached hydrogen (secondary N) is 2. The van der Waals surface area contributed by atoms with Crippen LogP contribution in [-0.4, -0.2) is 45.4 Å². The Morgan fingerprint density at radius 3 is 2.54 bits per heavy atom. The fraction of sp³-hybridized carbons (Fsp3) is 0.588. The lowest BCUT2D eigenvalue weighted by Crippen LogP contribution is -2.41. The average molecular weight is 353 g/mol. The van der Waals surface area contributed by atoms with Crippen LogP contribution in [0.25, 0.3) is 0 Å². The summed E-state index contributed by atoms with van der Waals surface area (Å²) in [6, 6.07) is 5.30. The predicted octanol–water partition coefficient (Wildman–Crippen LogP) is 1.23. The van der Waals surface area contributed by atoms with Crippen molar-refractivity contribution in [2.75, 3.05) is 26.0 Å². The summed E-state index contributed by atoms with van der Waals surface area (Å²) in [5, 5.41) is 15.8. The molecule has 1 aromatic carbocycles. The third-order valence-electron chi connectivity index (χ3n) is 4.33. The molecule has 0 heterocycles. The van der Waals surface area contributed by atoms with E-state index in [9.17, 15) is 13.5 Å². The number of aryl methyl sites for hydroxylation is 1. The second-order valence-corrected chi connectivity index (χ2v) is 8.56. The molecule has 1 aromatic rings. The summed E-state index contributed by atoms with van der Waals surface area (Å²) in [5.74, 6) is 0.710. The lowest BCUT2D eigenvalue weighted by Gasteiger charge is -2.16. The molecule has 0 bridgehead atoms. The normalized spacial score (nSPS) is 16.8. The van der Waals surface area contributed by atoms with Gasteiger partial charge in [-0.1, -0.05) is 12.1 Å². The van der Waals surface area contributed by atoms with Crippen LogP contribution in [0.5, 0.6) is 0 Å². The van der Waals surface area contributed by atoms with Crippen molar-refractivity contribution in [3.8, 4) is 0 Å². The maximum absolute atomic E-state index is 11.7. The Bertz CT molecular complexity index is 710. The van der Waals surface area contributed by atoms with E-state index in [-0.39, 0.29) is 12.0 Å². The largest absolute Gasteiger partial charge is 0.396 e. The summed E-state index contributed by atoms with van der Waals surface area (Å²) in [7, 11) is -3.20. The monoisotopic (exact) mass is 353 g/mol. The number of benzene rings is 1. The van der Waals surface area contributed by atoms with Crippen molar-refractivity contribution < 1.29 is 13.5 Å². The Balaban J connectivity index is 2.04. The lowest BCUT2D eigenvalue weighted by atomic mass is 10.1. The highest BCUT2D eigenvalue weighted by atomic mass is 32.2. The van der Waals surface area contributed by atoms with Crippen LogP contribution in [0, 0.1) is 12.3 Å². The molecule has 1 fully saturated rings. The number of rotatable bonds is 7. The van der Waals surface area contributed by atoms with Gasteiger partial charge in [0.1, 0.15) is 0 Å². The van der Waals surface area contributed by atoms with Crippen molar-refractivity contribution in [2.45, 2.75) is 38.1 Å². The summed E-state index contributed by atoms with van der Waals surface area (Å²) in [5.41, 5.74) is 1.71. The molecule has 1 saturated carbocycles. The average Bonchev–Trinajstić information content (AvgIpc) is 3.29. The van der Waals surface area contributed by atoms with Gasteiger partial charge in [0.2, 0.25) is 0 Å². The van der Waals surface area contributed by atoms with E-state index in [0.717, 1.165) is 30.5 Å². The standard InChI is InChI=1S/C17H27N3O3S/c1-4-18-16(20-11-17(12-21)7-8-17)19-10-14-5-6-15(13(2)9-14)24(3,22)23/h5-6,9,21H,4,7-8,10-12H2,1-3H3,(H2,18,19,20). The van der Waals surface area contributed by atoms with Gasteiger partial charge < -0.3 is 15.7 Å². The molecule has 0 spiro atoms. The minimum absolute atomic E-state index is 0.0178. The maximum atomic E-state index is 11.7. The Hall–Kier alpha value is -1.60. The van der Waals surface area contributed by atoms with Gasteiger partial charge >= 0.3 is 0 Å². The Kier molecular flexibility index (Phi) is 5.87. The van der Waals surface area contributed by atoms with Crippen molar-refractivity contribution in [2.24, 2.45) is 10.4 Å². The van der Waals surface area contributed by atoms with Crippen molar-refractivity contribution in [3.63, 3.8) is 0 Å². The molecule has 1 aliphatic carbocycles. The highest BCUT2D eigenvalue weighted by Gasteiger charge is 2.41. The van der Waals surface area contributed by atoms with Crippen LogP contribution in [0.1, 0.15) is 30.9 Å². The second kappa shape index (κ2) is 7.53. The third kappa shape index (κ3) is 4.95. The summed E-state index contributed by atoms with van der Waals surface area (Å²) in [4.78, 5) is 4.91. The third-order valence-corrected chi connectivity index (χ3v) is 5.58. The van der Waals surface area contributed by atoms with Crippen molar-refractivity contribution >= 4 is 15.8 Å². The number of aliphatic hydroxyl groups excluding tert-OH is 1. The van der Waals surface area contributed by atoms with Crippen molar-refractivity contribution in [1.82, 2.24) is 10.6 Å². The first-order chi connectivity index (χ1) is 11.3. The molecule has 24 heavy (non-hydrogen) atoms. The van der Waals surface area contributed by atoms with Crippen LogP contribution in [0.4, 0.5) is 0 Å². The molecule has 6 nitrogen and oxygen atoms in total.